The van der Waals surface area contributed by atoms with Crippen molar-refractivity contribution in [2.45, 2.75) is 38.6 Å². The van der Waals surface area contributed by atoms with Crippen molar-refractivity contribution in [2.24, 2.45) is 0 Å². The molecule has 0 aromatic heterocycles. The van der Waals surface area contributed by atoms with Crippen LogP contribution in [0.5, 0.6) is 11.5 Å². The zero-order valence-electron chi connectivity index (χ0n) is 16.8. The number of rotatable bonds is 7. The first-order chi connectivity index (χ1) is 14.0. The maximum atomic E-state index is 12.5. The van der Waals surface area contributed by atoms with Crippen LogP contribution < -0.4 is 10.1 Å². The molecule has 2 amide bonds. The lowest BCUT2D eigenvalue weighted by atomic mass is 10.0. The van der Waals surface area contributed by atoms with Crippen LogP contribution in [-0.4, -0.2) is 47.6 Å². The Balaban J connectivity index is 1.34. The molecule has 0 atom stereocenters. The molecule has 0 saturated carbocycles. The molecule has 2 aromatic rings. The summed E-state index contributed by atoms with van der Waals surface area (Å²) in [6.07, 6.45) is 2.50. The second kappa shape index (κ2) is 9.96. The van der Waals surface area contributed by atoms with Gasteiger partial charge in [-0.1, -0.05) is 29.8 Å². The number of phenolic OH excluding ortho intramolecular Hbond substituents is 1. The number of nitrogens with one attached hydrogen (secondary N) is 1. The number of carbonyl (C=O) groups excluding carboxylic acids is 2. The van der Waals surface area contributed by atoms with Crippen molar-refractivity contribution in [1.29, 1.82) is 0 Å². The minimum absolute atomic E-state index is 0.000724. The average Bonchev–Trinajstić information content (AvgIpc) is 2.73. The van der Waals surface area contributed by atoms with Crippen molar-refractivity contribution in [3.05, 3.63) is 59.7 Å². The van der Waals surface area contributed by atoms with Gasteiger partial charge in [0.1, 0.15) is 11.5 Å². The first-order valence-corrected chi connectivity index (χ1v) is 10.1. The number of piperidine rings is 1. The Labute approximate surface area is 171 Å². The summed E-state index contributed by atoms with van der Waals surface area (Å²) in [5, 5.41) is 12.9. The highest BCUT2D eigenvalue weighted by Crippen LogP contribution is 2.20. The lowest BCUT2D eigenvalue weighted by Gasteiger charge is -2.32. The second-order valence-electron chi connectivity index (χ2n) is 7.42. The third-order valence-corrected chi connectivity index (χ3v) is 5.12. The number of para-hydroxylation sites is 1. The van der Waals surface area contributed by atoms with Gasteiger partial charge in [-0.05, 0) is 50.5 Å². The minimum atomic E-state index is -0.166. The maximum Gasteiger partial charge on any atom is 0.257 e. The molecule has 6 heteroatoms. The maximum absolute atomic E-state index is 12.5. The summed E-state index contributed by atoms with van der Waals surface area (Å²) in [5.74, 6) is 0.669. The van der Waals surface area contributed by atoms with Gasteiger partial charge in [0.15, 0.2) is 0 Å². The van der Waals surface area contributed by atoms with Gasteiger partial charge in [0.2, 0.25) is 5.91 Å². The van der Waals surface area contributed by atoms with Crippen molar-refractivity contribution in [2.75, 3.05) is 19.7 Å². The van der Waals surface area contributed by atoms with Gasteiger partial charge in [-0.15, -0.1) is 0 Å². The molecular weight excluding hydrogens is 368 g/mol. The highest BCUT2D eigenvalue weighted by Gasteiger charge is 2.25. The number of phenols is 1. The molecule has 2 N–H and O–H groups in total. The van der Waals surface area contributed by atoms with E-state index >= 15 is 0 Å². The zero-order chi connectivity index (χ0) is 20.6. The first kappa shape index (κ1) is 20.7. The standard InChI is InChI=1S/C23H28N2O4/c1-17-8-10-19(11-9-17)29-16-4-7-22(27)24-18-12-14-25(15-13-18)23(28)20-5-2-3-6-21(20)26/h2-3,5-6,8-11,18,26H,4,7,12-16H2,1H3,(H,24,27). The third-order valence-electron chi connectivity index (χ3n) is 5.12. The van der Waals surface area contributed by atoms with E-state index < -0.39 is 0 Å². The molecule has 0 spiro atoms. The van der Waals surface area contributed by atoms with Crippen molar-refractivity contribution in [1.82, 2.24) is 10.2 Å². The molecule has 6 nitrogen and oxygen atoms in total. The molecular formula is C23H28N2O4. The number of nitrogens with zero attached hydrogens (tertiary/aromatic N) is 1. The summed E-state index contributed by atoms with van der Waals surface area (Å²) in [6.45, 7) is 3.66. The molecule has 1 heterocycles. The fourth-order valence-corrected chi connectivity index (χ4v) is 3.41. The molecule has 2 aromatic carbocycles. The van der Waals surface area contributed by atoms with Crippen molar-refractivity contribution in [3.63, 3.8) is 0 Å². The van der Waals surface area contributed by atoms with E-state index in [1.165, 1.54) is 11.6 Å². The smallest absolute Gasteiger partial charge is 0.257 e. The van der Waals surface area contributed by atoms with E-state index in [1.807, 2.05) is 31.2 Å². The molecule has 29 heavy (non-hydrogen) atoms. The number of likely N-dealkylation sites (tertiary alicyclic amines) is 1. The molecule has 0 radical (unpaired) electrons. The summed E-state index contributed by atoms with van der Waals surface area (Å²) < 4.78 is 5.65. The van der Waals surface area contributed by atoms with Gasteiger partial charge in [0.05, 0.1) is 12.2 Å². The van der Waals surface area contributed by atoms with E-state index in [2.05, 4.69) is 5.32 Å². The monoisotopic (exact) mass is 396 g/mol. The van der Waals surface area contributed by atoms with Crippen LogP contribution >= 0.6 is 0 Å². The Kier molecular flexibility index (Phi) is 7.11. The summed E-state index contributed by atoms with van der Waals surface area (Å²) in [4.78, 5) is 26.4. The van der Waals surface area contributed by atoms with Crippen LogP contribution in [0.15, 0.2) is 48.5 Å². The number of amides is 2. The van der Waals surface area contributed by atoms with Crippen LogP contribution in [0.2, 0.25) is 0 Å². The Hall–Kier alpha value is -3.02. The van der Waals surface area contributed by atoms with E-state index in [1.54, 1.807) is 23.1 Å². The van der Waals surface area contributed by atoms with E-state index in [4.69, 9.17) is 4.74 Å². The average molecular weight is 396 g/mol. The van der Waals surface area contributed by atoms with Crippen LogP contribution in [0.4, 0.5) is 0 Å². The molecule has 1 fully saturated rings. The van der Waals surface area contributed by atoms with Crippen molar-refractivity contribution < 1.29 is 19.4 Å². The largest absolute Gasteiger partial charge is 0.507 e. The fourth-order valence-electron chi connectivity index (χ4n) is 3.41. The van der Waals surface area contributed by atoms with Gasteiger partial charge in [-0.2, -0.15) is 0 Å². The minimum Gasteiger partial charge on any atom is -0.507 e. The number of aromatic hydroxyl groups is 1. The van der Waals surface area contributed by atoms with Gasteiger partial charge in [-0.25, -0.2) is 0 Å². The fraction of sp³-hybridized carbons (Fsp3) is 0.391. The molecule has 0 unspecified atom stereocenters. The lowest BCUT2D eigenvalue weighted by molar-refractivity contribution is -0.122. The number of hydrogen-bond acceptors (Lipinski definition) is 4. The predicted octanol–water partition coefficient (Wildman–Crippen LogP) is 3.28. The summed E-state index contributed by atoms with van der Waals surface area (Å²) >= 11 is 0. The predicted molar refractivity (Wildman–Crippen MR) is 111 cm³/mol. The summed E-state index contributed by atoms with van der Waals surface area (Å²) in [5.41, 5.74) is 1.51. The van der Waals surface area contributed by atoms with Crippen molar-refractivity contribution in [3.8, 4) is 11.5 Å². The van der Waals surface area contributed by atoms with Gasteiger partial charge < -0.3 is 20.1 Å². The van der Waals surface area contributed by atoms with Crippen LogP contribution in [0.25, 0.3) is 0 Å². The normalized spacial score (nSPS) is 14.4. The number of ether oxygens (including phenoxy) is 1. The van der Waals surface area contributed by atoms with E-state index in [9.17, 15) is 14.7 Å². The van der Waals surface area contributed by atoms with Crippen LogP contribution in [-0.2, 0) is 4.79 Å². The number of benzene rings is 2. The van der Waals surface area contributed by atoms with E-state index in [0.717, 1.165) is 5.75 Å². The topological polar surface area (TPSA) is 78.9 Å². The van der Waals surface area contributed by atoms with E-state index in [0.29, 0.717) is 50.9 Å². The molecule has 1 aliphatic rings. The lowest BCUT2D eigenvalue weighted by Crippen LogP contribution is -2.46. The summed E-state index contributed by atoms with van der Waals surface area (Å²) in [6, 6.07) is 14.5. The molecule has 3 rings (SSSR count). The Bertz CT molecular complexity index is 827. The Morgan fingerprint density at radius 2 is 1.79 bits per heavy atom. The molecule has 0 aliphatic carbocycles. The number of aryl methyl sites for hydroxylation is 1. The summed E-state index contributed by atoms with van der Waals surface area (Å²) in [7, 11) is 0. The van der Waals surface area contributed by atoms with Gasteiger partial charge in [0.25, 0.3) is 5.91 Å². The quantitative estimate of drug-likeness (QED) is 0.704. The second-order valence-corrected chi connectivity index (χ2v) is 7.42. The van der Waals surface area contributed by atoms with Gasteiger partial charge in [-0.3, -0.25) is 9.59 Å². The SMILES string of the molecule is Cc1ccc(OCCCC(=O)NC2CCN(C(=O)c3ccccc3O)CC2)cc1. The van der Waals surface area contributed by atoms with Gasteiger partial charge >= 0.3 is 0 Å². The van der Waals surface area contributed by atoms with Crippen molar-refractivity contribution >= 4 is 11.8 Å². The van der Waals surface area contributed by atoms with Crippen LogP contribution in [0, 0.1) is 6.92 Å². The highest BCUT2D eigenvalue weighted by atomic mass is 16.5. The molecule has 0 bridgehead atoms. The molecule has 1 aliphatic heterocycles. The highest BCUT2D eigenvalue weighted by molar-refractivity contribution is 5.96. The van der Waals surface area contributed by atoms with Crippen LogP contribution in [0.1, 0.15) is 41.6 Å². The number of hydrogen-bond donors (Lipinski definition) is 2. The molecule has 1 saturated heterocycles. The van der Waals surface area contributed by atoms with Crippen LogP contribution in [0.3, 0.4) is 0 Å². The Morgan fingerprint density at radius 1 is 1.10 bits per heavy atom. The first-order valence-electron chi connectivity index (χ1n) is 10.1. The zero-order valence-corrected chi connectivity index (χ0v) is 16.8. The third kappa shape index (κ3) is 5.98. The Morgan fingerprint density at radius 3 is 2.48 bits per heavy atom. The van der Waals surface area contributed by atoms with E-state index in [-0.39, 0.29) is 23.6 Å². The number of carbonyl (C=O) groups is 2. The van der Waals surface area contributed by atoms with Gasteiger partial charge in [0, 0.05) is 25.6 Å². The molecule has 154 valence electrons.